The highest BCUT2D eigenvalue weighted by Gasteiger charge is 2.26. The highest BCUT2D eigenvalue weighted by Crippen LogP contribution is 2.31. The van der Waals surface area contributed by atoms with E-state index in [0.29, 0.717) is 12.6 Å². The van der Waals surface area contributed by atoms with Crippen LogP contribution in [0.3, 0.4) is 0 Å². The molecule has 8 nitrogen and oxygen atoms in total. The number of para-hydroxylation sites is 2. The molecule has 3 heterocycles. The summed E-state index contributed by atoms with van der Waals surface area (Å²) in [5.41, 5.74) is 0.855. The summed E-state index contributed by atoms with van der Waals surface area (Å²) < 4.78 is 17.4. The van der Waals surface area contributed by atoms with Crippen molar-refractivity contribution in [3.05, 3.63) is 24.3 Å². The first-order chi connectivity index (χ1) is 15.7. The lowest BCUT2D eigenvalue weighted by atomic mass is 10.1. The van der Waals surface area contributed by atoms with Crippen LogP contribution in [0.2, 0.25) is 0 Å². The van der Waals surface area contributed by atoms with Crippen molar-refractivity contribution >= 4 is 17.6 Å². The normalized spacial score (nSPS) is 22.5. The number of carbonyl (C=O) groups excluding carboxylic acids is 1. The fraction of sp³-hybridized carbons (Fsp3) is 0.667. The second-order valence-corrected chi connectivity index (χ2v) is 8.64. The van der Waals surface area contributed by atoms with Crippen molar-refractivity contribution in [1.29, 1.82) is 0 Å². The largest absolute Gasteiger partial charge is 0.482 e. The number of piperidine rings is 1. The first-order valence-corrected chi connectivity index (χ1v) is 12.0. The maximum Gasteiger partial charge on any atom is 0.265 e. The maximum atomic E-state index is 12.3. The zero-order valence-corrected chi connectivity index (χ0v) is 19.1. The number of carbonyl (C=O) groups is 1. The smallest absolute Gasteiger partial charge is 0.265 e. The van der Waals surface area contributed by atoms with Gasteiger partial charge in [0.1, 0.15) is 5.75 Å². The molecule has 176 valence electrons. The van der Waals surface area contributed by atoms with Gasteiger partial charge in [-0.25, -0.2) is 0 Å². The quantitative estimate of drug-likeness (QED) is 0.396. The summed E-state index contributed by atoms with van der Waals surface area (Å²) in [6, 6.07) is 7.70. The minimum atomic E-state index is 0.00813. The predicted molar refractivity (Wildman–Crippen MR) is 124 cm³/mol. The number of aliphatic imine (C=N–C) groups is 1. The van der Waals surface area contributed by atoms with Crippen molar-refractivity contribution < 1.29 is 19.0 Å². The second-order valence-electron chi connectivity index (χ2n) is 8.64. The molecule has 1 aromatic rings. The molecule has 0 aliphatic carbocycles. The van der Waals surface area contributed by atoms with Crippen molar-refractivity contribution in [2.45, 2.75) is 50.7 Å². The van der Waals surface area contributed by atoms with E-state index >= 15 is 0 Å². The van der Waals surface area contributed by atoms with Gasteiger partial charge in [0.2, 0.25) is 0 Å². The minimum absolute atomic E-state index is 0.00813. The van der Waals surface area contributed by atoms with Crippen molar-refractivity contribution in [3.63, 3.8) is 0 Å². The van der Waals surface area contributed by atoms with Crippen LogP contribution < -0.4 is 15.0 Å². The van der Waals surface area contributed by atoms with Crippen LogP contribution >= 0.6 is 0 Å². The van der Waals surface area contributed by atoms with E-state index in [2.05, 4.69) is 15.2 Å². The molecule has 3 aliphatic heterocycles. The molecule has 0 radical (unpaired) electrons. The number of anilines is 1. The van der Waals surface area contributed by atoms with Gasteiger partial charge in [-0.1, -0.05) is 12.1 Å². The summed E-state index contributed by atoms with van der Waals surface area (Å²) in [5, 5.41) is 3.46. The van der Waals surface area contributed by atoms with Crippen LogP contribution in [0.15, 0.2) is 29.3 Å². The Hall–Kier alpha value is -2.32. The van der Waals surface area contributed by atoms with Gasteiger partial charge in [-0.3, -0.25) is 9.79 Å². The highest BCUT2D eigenvalue weighted by molar-refractivity contribution is 5.97. The molecule has 8 heteroatoms. The lowest BCUT2D eigenvalue weighted by Crippen LogP contribution is -2.48. The number of hydrogen-bond acceptors (Lipinski definition) is 5. The average molecular weight is 445 g/mol. The second kappa shape index (κ2) is 11.5. The zero-order valence-electron chi connectivity index (χ0n) is 19.1. The first-order valence-electron chi connectivity index (χ1n) is 12.0. The van der Waals surface area contributed by atoms with E-state index in [1.807, 2.05) is 36.2 Å². The number of guanidine groups is 1. The Morgan fingerprint density at radius 1 is 1.22 bits per heavy atom. The molecule has 4 rings (SSSR count). The Morgan fingerprint density at radius 2 is 2.06 bits per heavy atom. The lowest BCUT2D eigenvalue weighted by molar-refractivity contribution is -0.121. The molecule has 2 saturated heterocycles. The van der Waals surface area contributed by atoms with Gasteiger partial charge in [-0.05, 0) is 50.7 Å². The molecule has 32 heavy (non-hydrogen) atoms. The molecular formula is C24H36N4O4. The Labute approximate surface area is 190 Å². The van der Waals surface area contributed by atoms with Crippen LogP contribution in [0, 0.1) is 0 Å². The number of likely N-dealkylation sites (tertiary alicyclic amines) is 1. The number of hydrogen-bond donors (Lipinski definition) is 1. The summed E-state index contributed by atoms with van der Waals surface area (Å²) in [7, 11) is 1.83. The number of benzene rings is 1. The standard InChI is InChI=1S/C24H36N4O4/c1-25-24(27-14-10-19(11-15-27)31-17-20-7-4-5-16-30-20)26-12-6-13-28-21-8-2-3-9-22(21)32-18-23(28)29/h2-3,8-9,19-20H,4-7,10-18H2,1H3,(H,25,26). The molecule has 0 bridgehead atoms. The van der Waals surface area contributed by atoms with Crippen LogP contribution in [-0.4, -0.2) is 82.0 Å². The summed E-state index contributed by atoms with van der Waals surface area (Å²) in [6.45, 7) is 4.99. The third-order valence-electron chi connectivity index (χ3n) is 6.39. The molecule has 0 spiro atoms. The van der Waals surface area contributed by atoms with Crippen LogP contribution in [0.25, 0.3) is 0 Å². The van der Waals surface area contributed by atoms with E-state index in [4.69, 9.17) is 14.2 Å². The van der Waals surface area contributed by atoms with E-state index in [1.54, 1.807) is 0 Å². The molecule has 3 aliphatic rings. The monoisotopic (exact) mass is 444 g/mol. The molecule has 1 atom stereocenters. The van der Waals surface area contributed by atoms with Crippen LogP contribution in [0.1, 0.15) is 38.5 Å². The van der Waals surface area contributed by atoms with Gasteiger partial charge in [0.05, 0.1) is 24.5 Å². The van der Waals surface area contributed by atoms with E-state index in [0.717, 1.165) is 75.9 Å². The van der Waals surface area contributed by atoms with E-state index in [9.17, 15) is 4.79 Å². The van der Waals surface area contributed by atoms with Gasteiger partial charge in [-0.15, -0.1) is 0 Å². The van der Waals surface area contributed by atoms with Crippen molar-refractivity contribution in [1.82, 2.24) is 10.2 Å². The molecule has 1 unspecified atom stereocenters. The Morgan fingerprint density at radius 3 is 2.84 bits per heavy atom. The molecule has 1 aromatic carbocycles. The van der Waals surface area contributed by atoms with Gasteiger partial charge in [0, 0.05) is 39.8 Å². The molecule has 0 saturated carbocycles. The van der Waals surface area contributed by atoms with Gasteiger partial charge < -0.3 is 29.3 Å². The van der Waals surface area contributed by atoms with Gasteiger partial charge in [0.25, 0.3) is 5.91 Å². The number of amides is 1. The topological polar surface area (TPSA) is 75.6 Å². The van der Waals surface area contributed by atoms with Gasteiger partial charge in [-0.2, -0.15) is 0 Å². The van der Waals surface area contributed by atoms with Gasteiger partial charge >= 0.3 is 0 Å². The first kappa shape index (κ1) is 22.9. The summed E-state index contributed by atoms with van der Waals surface area (Å²) in [5.74, 6) is 1.71. The van der Waals surface area contributed by atoms with Crippen LogP contribution in [0.4, 0.5) is 5.69 Å². The van der Waals surface area contributed by atoms with E-state index in [-0.39, 0.29) is 18.6 Å². The third kappa shape index (κ3) is 5.92. The summed E-state index contributed by atoms with van der Waals surface area (Å²) in [4.78, 5) is 20.9. The van der Waals surface area contributed by atoms with Crippen molar-refractivity contribution in [2.24, 2.45) is 4.99 Å². The SMILES string of the molecule is CN=C(NCCCN1C(=O)COc2ccccc21)N1CCC(OCC2CCCCO2)CC1. The van der Waals surface area contributed by atoms with Crippen molar-refractivity contribution in [2.75, 3.05) is 57.9 Å². The molecular weight excluding hydrogens is 408 g/mol. The predicted octanol–water partition coefficient (Wildman–Crippen LogP) is 2.43. The minimum Gasteiger partial charge on any atom is -0.482 e. The number of nitrogens with one attached hydrogen (secondary N) is 1. The van der Waals surface area contributed by atoms with Crippen molar-refractivity contribution in [3.8, 4) is 5.75 Å². The maximum absolute atomic E-state index is 12.3. The fourth-order valence-corrected chi connectivity index (χ4v) is 4.59. The molecule has 1 amide bonds. The Balaban J connectivity index is 1.16. The number of rotatable bonds is 7. The van der Waals surface area contributed by atoms with E-state index < -0.39 is 0 Å². The molecule has 1 N–H and O–H groups in total. The average Bonchev–Trinajstić information content (AvgIpc) is 2.85. The number of fused-ring (bicyclic) bond motifs is 1. The third-order valence-corrected chi connectivity index (χ3v) is 6.39. The van der Waals surface area contributed by atoms with Gasteiger partial charge in [0.15, 0.2) is 12.6 Å². The van der Waals surface area contributed by atoms with Crippen LogP contribution in [-0.2, 0) is 14.3 Å². The number of ether oxygens (including phenoxy) is 3. The fourth-order valence-electron chi connectivity index (χ4n) is 4.59. The Bertz CT molecular complexity index is 773. The molecule has 2 fully saturated rings. The number of nitrogens with zero attached hydrogens (tertiary/aromatic N) is 3. The highest BCUT2D eigenvalue weighted by atomic mass is 16.5. The lowest BCUT2D eigenvalue weighted by Gasteiger charge is -2.35. The van der Waals surface area contributed by atoms with E-state index in [1.165, 1.54) is 12.8 Å². The Kier molecular flexibility index (Phi) is 8.23. The summed E-state index contributed by atoms with van der Waals surface area (Å²) >= 11 is 0. The summed E-state index contributed by atoms with van der Waals surface area (Å²) in [6.07, 6.45) is 6.98. The molecule has 0 aromatic heterocycles. The zero-order chi connectivity index (χ0) is 22.2. The van der Waals surface area contributed by atoms with Crippen LogP contribution in [0.5, 0.6) is 5.75 Å².